The van der Waals surface area contributed by atoms with E-state index in [1.54, 1.807) is 29.0 Å². The predicted molar refractivity (Wildman–Crippen MR) is 88.7 cm³/mol. The molecule has 0 spiro atoms. The fraction of sp³-hybridized carbons (Fsp3) is 0. The summed E-state index contributed by atoms with van der Waals surface area (Å²) < 4.78 is 1.81. The molecule has 3 aromatic rings. The Morgan fingerprint density at radius 3 is 2.62 bits per heavy atom. The molecule has 0 unspecified atom stereocenters. The average molecular weight is 384 g/mol. The van der Waals surface area contributed by atoms with Gasteiger partial charge in [-0.25, -0.2) is 9.36 Å². The van der Waals surface area contributed by atoms with Gasteiger partial charge in [0.2, 0.25) is 0 Å². The lowest BCUT2D eigenvalue weighted by atomic mass is 10.1. The van der Waals surface area contributed by atoms with Crippen molar-refractivity contribution in [3.8, 4) is 16.8 Å². The topological polar surface area (TPSA) is 54.9 Å². The van der Waals surface area contributed by atoms with Gasteiger partial charge in [0.1, 0.15) is 5.15 Å². The van der Waals surface area contributed by atoms with E-state index in [1.807, 2.05) is 12.1 Å². The molecule has 0 aliphatic carbocycles. The quantitative estimate of drug-likeness (QED) is 0.687. The van der Waals surface area contributed by atoms with Gasteiger partial charge in [0, 0.05) is 15.4 Å². The summed E-state index contributed by atoms with van der Waals surface area (Å²) in [6.45, 7) is 0. The van der Waals surface area contributed by atoms with Crippen molar-refractivity contribution in [1.82, 2.24) is 9.55 Å². The second-order valence-corrected chi connectivity index (χ2v) is 6.23. The first-order chi connectivity index (χ1) is 10.1. The van der Waals surface area contributed by atoms with Crippen LogP contribution in [0.2, 0.25) is 5.15 Å². The van der Waals surface area contributed by atoms with E-state index in [0.717, 1.165) is 9.04 Å². The van der Waals surface area contributed by atoms with E-state index in [0.29, 0.717) is 11.3 Å². The third kappa shape index (κ3) is 2.50. The Morgan fingerprint density at radius 1 is 1.19 bits per heavy atom. The Bertz CT molecular complexity index is 915. The molecule has 1 aromatic carbocycles. The molecule has 1 N–H and O–H groups in total. The molecule has 3 rings (SSSR count). The van der Waals surface area contributed by atoms with Crippen LogP contribution in [0.3, 0.4) is 0 Å². The van der Waals surface area contributed by atoms with Crippen LogP contribution < -0.4 is 11.2 Å². The third-order valence-corrected chi connectivity index (χ3v) is 4.61. The highest BCUT2D eigenvalue weighted by Gasteiger charge is 2.17. The minimum atomic E-state index is -0.556. The van der Waals surface area contributed by atoms with Crippen LogP contribution in [0, 0.1) is 0 Å². The molecule has 0 radical (unpaired) electrons. The third-order valence-electron chi connectivity index (χ3n) is 2.96. The van der Waals surface area contributed by atoms with Crippen LogP contribution in [-0.4, -0.2) is 9.55 Å². The van der Waals surface area contributed by atoms with Crippen LogP contribution in [0.15, 0.2) is 55.2 Å². The van der Waals surface area contributed by atoms with Crippen molar-refractivity contribution in [3.63, 3.8) is 0 Å². The zero-order valence-corrected chi connectivity index (χ0v) is 13.6. The molecule has 0 fully saturated rings. The molecule has 0 saturated carbocycles. The average Bonchev–Trinajstić information content (AvgIpc) is 2.94. The van der Waals surface area contributed by atoms with Gasteiger partial charge in [-0.05, 0) is 17.5 Å². The maximum atomic E-state index is 12.7. The van der Waals surface area contributed by atoms with E-state index < -0.39 is 11.2 Å². The summed E-state index contributed by atoms with van der Waals surface area (Å²) in [5, 5.41) is 3.56. The summed E-state index contributed by atoms with van der Waals surface area (Å²) in [6.07, 6.45) is 0. The minimum absolute atomic E-state index is 0.0309. The Labute approximate surface area is 136 Å². The fourth-order valence-corrected chi connectivity index (χ4v) is 3.39. The number of nitrogens with one attached hydrogen (secondary N) is 1. The number of hydrogen-bond donors (Lipinski definition) is 1. The van der Waals surface area contributed by atoms with E-state index in [4.69, 9.17) is 11.6 Å². The van der Waals surface area contributed by atoms with Gasteiger partial charge in [0.25, 0.3) is 5.56 Å². The molecule has 0 bridgehead atoms. The zero-order chi connectivity index (χ0) is 15.0. The summed E-state index contributed by atoms with van der Waals surface area (Å²) in [5.74, 6) is 0. The Morgan fingerprint density at radius 2 is 1.95 bits per heavy atom. The Hall–Kier alpha value is -1.63. The summed E-state index contributed by atoms with van der Waals surface area (Å²) >= 11 is 10.9. The highest BCUT2D eigenvalue weighted by molar-refractivity contribution is 9.10. The van der Waals surface area contributed by atoms with Gasteiger partial charge in [-0.2, -0.15) is 11.3 Å². The molecule has 7 heteroatoms. The molecule has 0 aliphatic heterocycles. The lowest BCUT2D eigenvalue weighted by Crippen LogP contribution is -2.34. The lowest BCUT2D eigenvalue weighted by molar-refractivity contribution is 0.883. The van der Waals surface area contributed by atoms with Crippen molar-refractivity contribution in [2.45, 2.75) is 0 Å². The van der Waals surface area contributed by atoms with Crippen molar-refractivity contribution in [2.24, 2.45) is 0 Å². The van der Waals surface area contributed by atoms with Crippen LogP contribution in [0.25, 0.3) is 16.8 Å². The van der Waals surface area contributed by atoms with Crippen LogP contribution in [0.1, 0.15) is 0 Å². The summed E-state index contributed by atoms with van der Waals surface area (Å²) in [7, 11) is 0. The molecule has 106 valence electrons. The second-order valence-electron chi connectivity index (χ2n) is 4.22. The number of thiophene rings is 1. The Balaban J connectivity index is 2.38. The van der Waals surface area contributed by atoms with E-state index in [1.165, 1.54) is 11.3 Å². The van der Waals surface area contributed by atoms with Crippen LogP contribution in [0.5, 0.6) is 0 Å². The van der Waals surface area contributed by atoms with Gasteiger partial charge in [0.15, 0.2) is 0 Å². The molecule has 0 aliphatic rings. The number of nitrogens with zero attached hydrogens (tertiary/aromatic N) is 1. The van der Waals surface area contributed by atoms with Gasteiger partial charge in [-0.1, -0.05) is 45.7 Å². The fourth-order valence-electron chi connectivity index (χ4n) is 2.03. The number of rotatable bonds is 2. The summed E-state index contributed by atoms with van der Waals surface area (Å²) in [5.41, 5.74) is 0.409. The number of aromatic nitrogens is 2. The number of benzene rings is 1. The van der Waals surface area contributed by atoms with Crippen molar-refractivity contribution in [3.05, 3.63) is 71.6 Å². The van der Waals surface area contributed by atoms with E-state index in [-0.39, 0.29) is 10.7 Å². The van der Waals surface area contributed by atoms with E-state index >= 15 is 0 Å². The molecular formula is C14H8BrClN2O2S. The first-order valence-electron chi connectivity index (χ1n) is 5.92. The van der Waals surface area contributed by atoms with Crippen LogP contribution in [0.4, 0.5) is 0 Å². The molecule has 21 heavy (non-hydrogen) atoms. The standard InChI is InChI=1S/C14H8BrClN2O2S/c15-10-4-2-1-3-9(10)11-12(16)17-14(20)18(13(11)19)8-5-6-21-7-8/h1-7H,(H,17,20). The minimum Gasteiger partial charge on any atom is -0.297 e. The smallest absolute Gasteiger partial charge is 0.297 e. The lowest BCUT2D eigenvalue weighted by Gasteiger charge is -2.09. The number of H-pyrrole nitrogens is 1. The van der Waals surface area contributed by atoms with Crippen LogP contribution >= 0.6 is 38.9 Å². The van der Waals surface area contributed by atoms with Gasteiger partial charge < -0.3 is 0 Å². The summed E-state index contributed by atoms with van der Waals surface area (Å²) in [6, 6.07) is 8.92. The monoisotopic (exact) mass is 382 g/mol. The first kappa shape index (κ1) is 14.3. The highest BCUT2D eigenvalue weighted by atomic mass is 79.9. The largest absolute Gasteiger partial charge is 0.334 e. The molecule has 2 aromatic heterocycles. The van der Waals surface area contributed by atoms with Crippen molar-refractivity contribution in [2.75, 3.05) is 0 Å². The second kappa shape index (κ2) is 5.63. The van der Waals surface area contributed by atoms with Gasteiger partial charge in [-0.3, -0.25) is 9.78 Å². The Kier molecular flexibility index (Phi) is 3.84. The van der Waals surface area contributed by atoms with Crippen molar-refractivity contribution in [1.29, 1.82) is 0 Å². The molecule has 2 heterocycles. The maximum Gasteiger partial charge on any atom is 0.334 e. The predicted octanol–water partition coefficient (Wildman–Crippen LogP) is 3.67. The molecular weight excluding hydrogens is 376 g/mol. The van der Waals surface area contributed by atoms with Gasteiger partial charge in [0.05, 0.1) is 11.3 Å². The first-order valence-corrected chi connectivity index (χ1v) is 8.03. The normalized spacial score (nSPS) is 10.8. The zero-order valence-electron chi connectivity index (χ0n) is 10.5. The molecule has 0 amide bonds. The van der Waals surface area contributed by atoms with Crippen LogP contribution in [-0.2, 0) is 0 Å². The summed E-state index contributed by atoms with van der Waals surface area (Å²) in [4.78, 5) is 27.3. The SMILES string of the molecule is O=c1[nH]c(Cl)c(-c2ccccc2Br)c(=O)n1-c1ccsc1. The van der Waals surface area contributed by atoms with E-state index in [9.17, 15) is 9.59 Å². The molecule has 4 nitrogen and oxygen atoms in total. The molecule has 0 saturated heterocycles. The van der Waals surface area contributed by atoms with E-state index in [2.05, 4.69) is 20.9 Å². The van der Waals surface area contributed by atoms with Crippen molar-refractivity contribution >= 4 is 38.9 Å². The number of hydrogen-bond acceptors (Lipinski definition) is 3. The number of halogens is 2. The van der Waals surface area contributed by atoms with Crippen molar-refractivity contribution < 1.29 is 0 Å². The number of aromatic amines is 1. The molecule has 0 atom stereocenters. The van der Waals surface area contributed by atoms with Gasteiger partial charge >= 0.3 is 5.69 Å². The maximum absolute atomic E-state index is 12.7. The van der Waals surface area contributed by atoms with Gasteiger partial charge in [-0.15, -0.1) is 0 Å². The highest BCUT2D eigenvalue weighted by Crippen LogP contribution is 2.29.